The number of ether oxygens (including phenoxy) is 1. The maximum Gasteiger partial charge on any atom is 0.327 e. The lowest BCUT2D eigenvalue weighted by molar-refractivity contribution is -0.155. The fraction of sp³-hybridized carbons (Fsp3) is 0.500. The highest BCUT2D eigenvalue weighted by molar-refractivity contribution is 6.08. The maximum absolute atomic E-state index is 12.3. The van der Waals surface area contributed by atoms with Crippen molar-refractivity contribution >= 4 is 29.5 Å². The standard InChI is InChI=1S/C20H27N3O5/c1-6-20(5)18(26)23(19(27)22-20)11-16(24)28-13(4)17(25)21-15-9-7-14(8-10-15)12(2)3/h7-10,12-13H,6,11H2,1-5H3,(H,21,25)(H,22,27)/t13-,20+/m0/s1. The van der Waals surface area contributed by atoms with Crippen LogP contribution in [0.3, 0.4) is 0 Å². The molecule has 0 spiro atoms. The summed E-state index contributed by atoms with van der Waals surface area (Å²) in [6.45, 7) is 8.39. The van der Waals surface area contributed by atoms with Crippen LogP contribution in [0.5, 0.6) is 0 Å². The first kappa shape index (κ1) is 21.4. The van der Waals surface area contributed by atoms with Gasteiger partial charge in [0.15, 0.2) is 6.10 Å². The highest BCUT2D eigenvalue weighted by Gasteiger charge is 2.47. The minimum absolute atomic E-state index is 0.379. The van der Waals surface area contributed by atoms with E-state index in [0.29, 0.717) is 18.0 Å². The van der Waals surface area contributed by atoms with Gasteiger partial charge in [-0.15, -0.1) is 0 Å². The molecule has 152 valence electrons. The monoisotopic (exact) mass is 389 g/mol. The Bertz CT molecular complexity index is 775. The van der Waals surface area contributed by atoms with Gasteiger partial charge in [-0.2, -0.15) is 0 Å². The second-order valence-electron chi connectivity index (χ2n) is 7.41. The van der Waals surface area contributed by atoms with Crippen molar-refractivity contribution in [3.63, 3.8) is 0 Å². The lowest BCUT2D eigenvalue weighted by Gasteiger charge is -2.19. The van der Waals surface area contributed by atoms with Crippen molar-refractivity contribution in [1.82, 2.24) is 10.2 Å². The number of hydrogen-bond donors (Lipinski definition) is 2. The zero-order chi connectivity index (χ0) is 21.1. The van der Waals surface area contributed by atoms with E-state index in [1.807, 2.05) is 12.1 Å². The van der Waals surface area contributed by atoms with Crippen LogP contribution in [0.4, 0.5) is 10.5 Å². The summed E-state index contributed by atoms with van der Waals surface area (Å²) in [5.74, 6) is -1.44. The van der Waals surface area contributed by atoms with Gasteiger partial charge in [0.2, 0.25) is 0 Å². The van der Waals surface area contributed by atoms with E-state index in [-0.39, 0.29) is 0 Å². The molecule has 0 bridgehead atoms. The number of carbonyl (C=O) groups excluding carboxylic acids is 4. The van der Waals surface area contributed by atoms with Crippen molar-refractivity contribution in [2.24, 2.45) is 0 Å². The van der Waals surface area contributed by atoms with Crippen LogP contribution in [0.1, 0.15) is 52.5 Å². The molecule has 0 unspecified atom stereocenters. The van der Waals surface area contributed by atoms with Crippen molar-refractivity contribution in [3.8, 4) is 0 Å². The molecule has 8 heteroatoms. The summed E-state index contributed by atoms with van der Waals surface area (Å²) in [4.78, 5) is 49.4. The molecule has 1 aliphatic rings. The van der Waals surface area contributed by atoms with Gasteiger partial charge >= 0.3 is 12.0 Å². The Morgan fingerprint density at radius 1 is 1.18 bits per heavy atom. The first-order chi connectivity index (χ1) is 13.1. The molecule has 1 aromatic carbocycles. The number of urea groups is 1. The number of nitrogens with one attached hydrogen (secondary N) is 2. The topological polar surface area (TPSA) is 105 Å². The molecule has 1 aliphatic heterocycles. The van der Waals surface area contributed by atoms with Gasteiger partial charge in [0.25, 0.3) is 11.8 Å². The molecule has 2 atom stereocenters. The van der Waals surface area contributed by atoms with Crippen molar-refractivity contribution < 1.29 is 23.9 Å². The summed E-state index contributed by atoms with van der Waals surface area (Å²) >= 11 is 0. The predicted molar refractivity (Wildman–Crippen MR) is 104 cm³/mol. The summed E-state index contributed by atoms with van der Waals surface area (Å²) in [5, 5.41) is 5.23. The van der Waals surface area contributed by atoms with Crippen LogP contribution < -0.4 is 10.6 Å². The molecule has 0 aliphatic carbocycles. The minimum Gasteiger partial charge on any atom is -0.451 e. The third kappa shape index (κ3) is 4.68. The summed E-state index contributed by atoms with van der Waals surface area (Å²) in [5.41, 5.74) is 0.706. The van der Waals surface area contributed by atoms with E-state index in [1.54, 1.807) is 26.0 Å². The molecule has 28 heavy (non-hydrogen) atoms. The number of benzene rings is 1. The van der Waals surface area contributed by atoms with Crippen LogP contribution in [0.15, 0.2) is 24.3 Å². The van der Waals surface area contributed by atoms with Gasteiger partial charge in [-0.25, -0.2) is 4.79 Å². The van der Waals surface area contributed by atoms with Crippen LogP contribution >= 0.6 is 0 Å². The Kier molecular flexibility index (Phi) is 6.43. The number of anilines is 1. The molecule has 2 rings (SSSR count). The van der Waals surface area contributed by atoms with E-state index in [9.17, 15) is 19.2 Å². The van der Waals surface area contributed by atoms with Gasteiger partial charge in [-0.05, 0) is 43.9 Å². The number of esters is 1. The van der Waals surface area contributed by atoms with E-state index < -0.39 is 42.0 Å². The van der Waals surface area contributed by atoms with Crippen LogP contribution in [-0.2, 0) is 19.1 Å². The predicted octanol–water partition coefficient (Wildman–Crippen LogP) is 2.40. The molecule has 2 N–H and O–H groups in total. The van der Waals surface area contributed by atoms with Gasteiger partial charge in [0.1, 0.15) is 12.1 Å². The fourth-order valence-electron chi connectivity index (χ4n) is 2.74. The molecule has 1 fully saturated rings. The Morgan fingerprint density at radius 2 is 1.79 bits per heavy atom. The number of rotatable bonds is 7. The molecular formula is C20H27N3O5. The lowest BCUT2D eigenvalue weighted by Crippen LogP contribution is -2.44. The fourth-order valence-corrected chi connectivity index (χ4v) is 2.74. The van der Waals surface area contributed by atoms with E-state index in [1.165, 1.54) is 6.92 Å². The Hall–Kier alpha value is -2.90. The zero-order valence-corrected chi connectivity index (χ0v) is 16.9. The largest absolute Gasteiger partial charge is 0.451 e. The molecule has 4 amide bonds. The van der Waals surface area contributed by atoms with Crippen LogP contribution in [-0.4, -0.2) is 46.9 Å². The summed E-state index contributed by atoms with van der Waals surface area (Å²) in [7, 11) is 0. The summed E-state index contributed by atoms with van der Waals surface area (Å²) in [6.07, 6.45) is -0.673. The second kappa shape index (κ2) is 8.41. The molecule has 1 heterocycles. The molecule has 1 aromatic rings. The summed E-state index contributed by atoms with van der Waals surface area (Å²) in [6, 6.07) is 6.74. The van der Waals surface area contributed by atoms with Crippen molar-refractivity contribution in [1.29, 1.82) is 0 Å². The quantitative estimate of drug-likeness (QED) is 0.550. The smallest absolute Gasteiger partial charge is 0.327 e. The van der Waals surface area contributed by atoms with Crippen LogP contribution in [0.2, 0.25) is 0 Å². The van der Waals surface area contributed by atoms with Crippen molar-refractivity contribution in [2.45, 2.75) is 58.6 Å². The Morgan fingerprint density at radius 3 is 2.29 bits per heavy atom. The highest BCUT2D eigenvalue weighted by Crippen LogP contribution is 2.21. The minimum atomic E-state index is -1.07. The molecule has 0 radical (unpaired) electrons. The van der Waals surface area contributed by atoms with Gasteiger partial charge in [0.05, 0.1) is 0 Å². The van der Waals surface area contributed by atoms with E-state index in [4.69, 9.17) is 4.74 Å². The Labute approximate surface area is 164 Å². The molecule has 8 nitrogen and oxygen atoms in total. The molecule has 1 saturated heterocycles. The zero-order valence-electron chi connectivity index (χ0n) is 16.9. The van der Waals surface area contributed by atoms with E-state index in [0.717, 1.165) is 10.5 Å². The van der Waals surface area contributed by atoms with Gasteiger partial charge in [-0.1, -0.05) is 32.9 Å². The second-order valence-corrected chi connectivity index (χ2v) is 7.41. The molecule has 0 saturated carbocycles. The van der Waals surface area contributed by atoms with Gasteiger partial charge in [0, 0.05) is 5.69 Å². The van der Waals surface area contributed by atoms with E-state index >= 15 is 0 Å². The van der Waals surface area contributed by atoms with Crippen molar-refractivity contribution in [3.05, 3.63) is 29.8 Å². The molecule has 0 aromatic heterocycles. The maximum atomic E-state index is 12.3. The van der Waals surface area contributed by atoms with Gasteiger partial charge < -0.3 is 15.4 Å². The average molecular weight is 389 g/mol. The highest BCUT2D eigenvalue weighted by atomic mass is 16.5. The van der Waals surface area contributed by atoms with Crippen molar-refractivity contribution in [2.75, 3.05) is 11.9 Å². The number of hydrogen-bond acceptors (Lipinski definition) is 5. The first-order valence-electron chi connectivity index (χ1n) is 9.31. The lowest BCUT2D eigenvalue weighted by atomic mass is 9.99. The number of nitrogens with zero attached hydrogens (tertiary/aromatic N) is 1. The van der Waals surface area contributed by atoms with Gasteiger partial charge in [-0.3, -0.25) is 19.3 Å². The van der Waals surface area contributed by atoms with Crippen LogP contribution in [0.25, 0.3) is 0 Å². The average Bonchev–Trinajstić information content (AvgIpc) is 2.85. The Balaban J connectivity index is 1.90. The third-order valence-corrected chi connectivity index (χ3v) is 4.86. The number of imide groups is 1. The van der Waals surface area contributed by atoms with Crippen LogP contribution in [0, 0.1) is 0 Å². The molecular weight excluding hydrogens is 362 g/mol. The normalized spacial score (nSPS) is 20.1. The first-order valence-corrected chi connectivity index (χ1v) is 9.31. The number of amides is 4. The SMILES string of the molecule is CC[C@@]1(C)NC(=O)N(CC(=O)O[C@@H](C)C(=O)Nc2ccc(C(C)C)cc2)C1=O. The number of carbonyl (C=O) groups is 4. The summed E-state index contributed by atoms with van der Waals surface area (Å²) < 4.78 is 5.08. The van der Waals surface area contributed by atoms with E-state index in [2.05, 4.69) is 24.5 Å². The third-order valence-electron chi connectivity index (χ3n) is 4.86.